The summed E-state index contributed by atoms with van der Waals surface area (Å²) in [7, 11) is 1.55. The number of methoxy groups -OCH3 is 1. The van der Waals surface area contributed by atoms with Crippen molar-refractivity contribution in [2.45, 2.75) is 6.92 Å². The van der Waals surface area contributed by atoms with Gasteiger partial charge in [0, 0.05) is 6.07 Å². The molecule has 0 bridgehead atoms. The number of ether oxygens (including phenoxy) is 3. The van der Waals surface area contributed by atoms with Crippen molar-refractivity contribution < 1.29 is 24.1 Å². The van der Waals surface area contributed by atoms with Crippen molar-refractivity contribution >= 4 is 27.8 Å². The zero-order chi connectivity index (χ0) is 17.3. The lowest BCUT2D eigenvalue weighted by Gasteiger charge is -2.12. The Morgan fingerprint density at radius 2 is 2.08 bits per heavy atom. The van der Waals surface area contributed by atoms with Crippen LogP contribution in [-0.2, 0) is 0 Å². The van der Waals surface area contributed by atoms with Gasteiger partial charge in [-0.15, -0.1) is 0 Å². The van der Waals surface area contributed by atoms with Gasteiger partial charge >= 0.3 is 0 Å². The number of hydrogen-bond acceptors (Lipinski definition) is 5. The third-order valence-corrected chi connectivity index (χ3v) is 4.08. The summed E-state index contributed by atoms with van der Waals surface area (Å²) in [5, 5.41) is 9.50. The molecule has 0 fully saturated rings. The molecule has 0 spiro atoms. The van der Waals surface area contributed by atoms with Gasteiger partial charge in [0.1, 0.15) is 11.5 Å². The maximum atomic E-state index is 12.4. The van der Waals surface area contributed by atoms with Crippen molar-refractivity contribution in [3.63, 3.8) is 0 Å². The summed E-state index contributed by atoms with van der Waals surface area (Å²) in [6, 6.07) is 8.00. The molecule has 0 aromatic heterocycles. The van der Waals surface area contributed by atoms with Gasteiger partial charge in [-0.25, -0.2) is 0 Å². The van der Waals surface area contributed by atoms with E-state index in [1.807, 2.05) is 13.0 Å². The maximum Gasteiger partial charge on any atom is 0.231 e. The Kier molecular flexibility index (Phi) is 4.49. The van der Waals surface area contributed by atoms with Gasteiger partial charge < -0.3 is 19.3 Å². The van der Waals surface area contributed by atoms with E-state index in [1.54, 1.807) is 25.3 Å². The fraction of sp³-hybridized carbons (Fsp3) is 0.167. The quantitative estimate of drug-likeness (QED) is 0.793. The number of rotatable bonds is 4. The first kappa shape index (κ1) is 16.4. The molecule has 0 atom stereocenters. The van der Waals surface area contributed by atoms with Crippen LogP contribution in [0.2, 0.25) is 0 Å². The van der Waals surface area contributed by atoms with E-state index in [9.17, 15) is 9.90 Å². The lowest BCUT2D eigenvalue weighted by Crippen LogP contribution is -1.99. The molecule has 1 aliphatic rings. The van der Waals surface area contributed by atoms with Gasteiger partial charge in [0.15, 0.2) is 17.3 Å². The highest BCUT2D eigenvalue weighted by Crippen LogP contribution is 2.39. The molecule has 0 saturated heterocycles. The SMILES string of the molecule is CCOc1c(Br)cc(/C=C2\Oc3cc(O)ccc3C2=O)cc1OC. The highest BCUT2D eigenvalue weighted by molar-refractivity contribution is 9.10. The van der Waals surface area contributed by atoms with Crippen molar-refractivity contribution in [3.05, 3.63) is 51.7 Å². The second kappa shape index (κ2) is 6.57. The fourth-order valence-corrected chi connectivity index (χ4v) is 3.01. The summed E-state index contributed by atoms with van der Waals surface area (Å²) >= 11 is 3.45. The van der Waals surface area contributed by atoms with E-state index in [1.165, 1.54) is 12.1 Å². The number of allylic oxidation sites excluding steroid dienone is 1. The molecule has 0 radical (unpaired) electrons. The summed E-state index contributed by atoms with van der Waals surface area (Å²) in [6.45, 7) is 2.40. The van der Waals surface area contributed by atoms with Crippen LogP contribution in [0.5, 0.6) is 23.0 Å². The Balaban J connectivity index is 1.98. The van der Waals surface area contributed by atoms with Crippen LogP contribution in [0.25, 0.3) is 6.08 Å². The minimum absolute atomic E-state index is 0.0493. The Labute approximate surface area is 147 Å². The minimum Gasteiger partial charge on any atom is -0.508 e. The van der Waals surface area contributed by atoms with Gasteiger partial charge in [-0.2, -0.15) is 0 Å². The van der Waals surface area contributed by atoms with Crippen molar-refractivity contribution in [2.75, 3.05) is 13.7 Å². The monoisotopic (exact) mass is 390 g/mol. The van der Waals surface area contributed by atoms with Gasteiger partial charge in [0.05, 0.1) is 23.8 Å². The smallest absolute Gasteiger partial charge is 0.231 e. The van der Waals surface area contributed by atoms with E-state index in [-0.39, 0.29) is 17.3 Å². The molecule has 5 nitrogen and oxygen atoms in total. The number of halogens is 1. The molecule has 1 heterocycles. The van der Waals surface area contributed by atoms with Crippen molar-refractivity contribution in [3.8, 4) is 23.0 Å². The lowest BCUT2D eigenvalue weighted by molar-refractivity contribution is 0.101. The number of carbonyl (C=O) groups is 1. The van der Waals surface area contributed by atoms with Crippen LogP contribution in [0.3, 0.4) is 0 Å². The molecule has 1 N–H and O–H groups in total. The Hall–Kier alpha value is -2.47. The second-order valence-electron chi connectivity index (χ2n) is 5.09. The van der Waals surface area contributed by atoms with Crippen molar-refractivity contribution in [1.82, 2.24) is 0 Å². The molecule has 0 unspecified atom stereocenters. The zero-order valence-electron chi connectivity index (χ0n) is 13.1. The third-order valence-electron chi connectivity index (χ3n) is 3.49. The molecule has 24 heavy (non-hydrogen) atoms. The van der Waals surface area contributed by atoms with Crippen LogP contribution < -0.4 is 14.2 Å². The number of hydrogen-bond donors (Lipinski definition) is 1. The molecule has 0 amide bonds. The number of fused-ring (bicyclic) bond motifs is 1. The molecule has 3 rings (SSSR count). The van der Waals surface area contributed by atoms with E-state index in [0.29, 0.717) is 29.4 Å². The molecule has 2 aromatic carbocycles. The third kappa shape index (κ3) is 2.97. The number of ketones is 1. The van der Waals surface area contributed by atoms with Crippen molar-refractivity contribution in [2.24, 2.45) is 0 Å². The van der Waals surface area contributed by atoms with Gasteiger partial charge in [-0.1, -0.05) is 0 Å². The van der Waals surface area contributed by atoms with Gasteiger partial charge in [-0.3, -0.25) is 4.79 Å². The molecule has 1 aliphatic heterocycles. The number of carbonyl (C=O) groups excluding carboxylic acids is 1. The van der Waals surface area contributed by atoms with E-state index >= 15 is 0 Å². The minimum atomic E-state index is -0.228. The number of phenols is 1. The summed E-state index contributed by atoms with van der Waals surface area (Å²) in [4.78, 5) is 12.4. The summed E-state index contributed by atoms with van der Waals surface area (Å²) in [5.74, 6) is 1.52. The number of phenolic OH excluding ortho intramolecular Hbond substituents is 1. The average molecular weight is 391 g/mol. The predicted octanol–water partition coefficient (Wildman–Crippen LogP) is 4.18. The van der Waals surface area contributed by atoms with Crippen LogP contribution in [0.1, 0.15) is 22.8 Å². The van der Waals surface area contributed by atoms with Gasteiger partial charge in [0.25, 0.3) is 0 Å². The Morgan fingerprint density at radius 3 is 2.79 bits per heavy atom. The summed E-state index contributed by atoms with van der Waals surface area (Å²) in [6.07, 6.45) is 1.63. The van der Waals surface area contributed by atoms with Crippen molar-refractivity contribution in [1.29, 1.82) is 0 Å². The number of benzene rings is 2. The normalized spacial score (nSPS) is 14.5. The van der Waals surface area contributed by atoms with Crippen LogP contribution >= 0.6 is 15.9 Å². The second-order valence-corrected chi connectivity index (χ2v) is 5.94. The molecule has 6 heteroatoms. The topological polar surface area (TPSA) is 65.0 Å². The molecule has 0 aliphatic carbocycles. The molecule has 2 aromatic rings. The van der Waals surface area contributed by atoms with Crippen LogP contribution in [0.15, 0.2) is 40.6 Å². The average Bonchev–Trinajstić information content (AvgIpc) is 2.85. The van der Waals surface area contributed by atoms with Gasteiger partial charge in [0.2, 0.25) is 5.78 Å². The fourth-order valence-electron chi connectivity index (χ4n) is 2.43. The first-order valence-corrected chi connectivity index (χ1v) is 8.10. The van der Waals surface area contributed by atoms with Crippen LogP contribution in [-0.4, -0.2) is 24.6 Å². The first-order valence-electron chi connectivity index (χ1n) is 7.31. The highest BCUT2D eigenvalue weighted by atomic mass is 79.9. The van der Waals surface area contributed by atoms with E-state index in [0.717, 1.165) is 10.0 Å². The van der Waals surface area contributed by atoms with Gasteiger partial charge in [-0.05, 0) is 58.8 Å². The summed E-state index contributed by atoms with van der Waals surface area (Å²) in [5.41, 5.74) is 1.15. The molecule has 124 valence electrons. The maximum absolute atomic E-state index is 12.4. The van der Waals surface area contributed by atoms with E-state index in [4.69, 9.17) is 14.2 Å². The molecular formula is C18H15BrO5. The standard InChI is InChI=1S/C18H15BrO5/c1-3-23-18-13(19)6-10(8-16(18)22-2)7-15-17(21)12-5-4-11(20)9-14(12)24-15/h4-9,20H,3H2,1-2H3/b15-7-. The van der Waals surface area contributed by atoms with Crippen LogP contribution in [0.4, 0.5) is 0 Å². The zero-order valence-corrected chi connectivity index (χ0v) is 14.7. The molecule has 0 saturated carbocycles. The lowest BCUT2D eigenvalue weighted by atomic mass is 10.1. The number of Topliss-reactive ketones (excluding diaryl/α,β-unsaturated/α-hetero) is 1. The van der Waals surface area contributed by atoms with E-state index in [2.05, 4.69) is 15.9 Å². The van der Waals surface area contributed by atoms with Crippen LogP contribution in [0, 0.1) is 0 Å². The Morgan fingerprint density at radius 1 is 1.29 bits per heavy atom. The molecular weight excluding hydrogens is 376 g/mol. The first-order chi connectivity index (χ1) is 11.5. The Bertz CT molecular complexity index is 842. The highest BCUT2D eigenvalue weighted by Gasteiger charge is 2.27. The summed E-state index contributed by atoms with van der Waals surface area (Å²) < 4.78 is 17.2. The van der Waals surface area contributed by atoms with E-state index < -0.39 is 0 Å². The predicted molar refractivity (Wildman–Crippen MR) is 92.9 cm³/mol. The largest absolute Gasteiger partial charge is 0.508 e. The number of aromatic hydroxyl groups is 1.